The number of aromatic carboxylic acids is 1. The highest BCUT2D eigenvalue weighted by atomic mass is 16.4. The maximum atomic E-state index is 11.5. The maximum Gasteiger partial charge on any atom is 0.335 e. The molecule has 1 aromatic carbocycles. The maximum absolute atomic E-state index is 11.5. The van der Waals surface area contributed by atoms with E-state index in [2.05, 4.69) is 5.32 Å². The highest BCUT2D eigenvalue weighted by Crippen LogP contribution is 2.04. The number of carbonyl (C=O) groups excluding carboxylic acids is 2. The van der Waals surface area contributed by atoms with E-state index < -0.39 is 24.3 Å². The second kappa shape index (κ2) is 5.76. The summed E-state index contributed by atoms with van der Waals surface area (Å²) < 4.78 is 0. The molecule has 0 saturated carbocycles. The smallest absolute Gasteiger partial charge is 0.335 e. The molecule has 1 amide bonds. The second-order valence-corrected chi connectivity index (χ2v) is 3.26. The van der Waals surface area contributed by atoms with Gasteiger partial charge in [-0.2, -0.15) is 0 Å². The Balaban J connectivity index is 2.64. The van der Waals surface area contributed by atoms with Gasteiger partial charge in [-0.25, -0.2) is 4.79 Å². The Morgan fingerprint density at radius 3 is 2.06 bits per heavy atom. The van der Waals surface area contributed by atoms with Crippen LogP contribution in [-0.2, 0) is 4.79 Å². The van der Waals surface area contributed by atoms with Crippen molar-refractivity contribution in [2.24, 2.45) is 0 Å². The number of benzene rings is 1. The van der Waals surface area contributed by atoms with E-state index in [0.717, 1.165) is 0 Å². The van der Waals surface area contributed by atoms with Crippen molar-refractivity contribution in [3.63, 3.8) is 0 Å². The quantitative estimate of drug-likeness (QED) is 0.651. The summed E-state index contributed by atoms with van der Waals surface area (Å²) >= 11 is 0. The number of aliphatic hydroxyl groups excluding tert-OH is 1. The third-order valence-electron chi connectivity index (χ3n) is 2.02. The first-order valence-electron chi connectivity index (χ1n) is 4.78. The van der Waals surface area contributed by atoms with Crippen LogP contribution in [0.5, 0.6) is 0 Å². The van der Waals surface area contributed by atoms with Crippen LogP contribution in [0.3, 0.4) is 0 Å². The van der Waals surface area contributed by atoms with E-state index in [9.17, 15) is 14.4 Å². The minimum atomic E-state index is -1.08. The fraction of sp³-hybridized carbons (Fsp3) is 0.182. The van der Waals surface area contributed by atoms with Crippen LogP contribution in [-0.4, -0.2) is 41.0 Å². The molecule has 17 heavy (non-hydrogen) atoms. The molecule has 0 heterocycles. The highest BCUT2D eigenvalue weighted by molar-refractivity contribution is 5.97. The molecule has 3 N–H and O–H groups in total. The van der Waals surface area contributed by atoms with Crippen molar-refractivity contribution in [3.8, 4) is 0 Å². The Bertz CT molecular complexity index is 438. The Kier molecular flexibility index (Phi) is 4.36. The molecule has 0 saturated heterocycles. The Morgan fingerprint density at radius 2 is 1.59 bits per heavy atom. The zero-order chi connectivity index (χ0) is 12.8. The number of hydrogen-bond donors (Lipinski definition) is 3. The number of carbonyl (C=O) groups is 3. The molecule has 0 aliphatic heterocycles. The van der Waals surface area contributed by atoms with Crippen LogP contribution in [0.2, 0.25) is 0 Å². The van der Waals surface area contributed by atoms with E-state index in [0.29, 0.717) is 0 Å². The lowest BCUT2D eigenvalue weighted by molar-refractivity contribution is -0.120. The zero-order valence-corrected chi connectivity index (χ0v) is 8.84. The topological polar surface area (TPSA) is 104 Å². The summed E-state index contributed by atoms with van der Waals surface area (Å²) in [5.41, 5.74) is 0.328. The molecule has 0 unspecified atom stereocenters. The summed E-state index contributed by atoms with van der Waals surface area (Å²) in [6.07, 6.45) is 0. The number of carboxylic acids is 1. The van der Waals surface area contributed by atoms with Crippen molar-refractivity contribution in [3.05, 3.63) is 35.4 Å². The fourth-order valence-electron chi connectivity index (χ4n) is 1.10. The number of carboxylic acid groups (broad SMARTS) is 1. The van der Waals surface area contributed by atoms with Gasteiger partial charge in [0.25, 0.3) is 5.91 Å². The number of nitrogens with one attached hydrogen (secondary N) is 1. The second-order valence-electron chi connectivity index (χ2n) is 3.26. The van der Waals surface area contributed by atoms with Gasteiger partial charge in [0.05, 0.1) is 12.1 Å². The van der Waals surface area contributed by atoms with Crippen LogP contribution >= 0.6 is 0 Å². The van der Waals surface area contributed by atoms with Gasteiger partial charge in [-0.3, -0.25) is 9.59 Å². The molecular weight excluding hydrogens is 226 g/mol. The summed E-state index contributed by atoms with van der Waals surface area (Å²) in [6.45, 7) is -0.881. The molecule has 0 spiro atoms. The molecule has 0 aliphatic carbocycles. The van der Waals surface area contributed by atoms with Gasteiger partial charge in [0.2, 0.25) is 0 Å². The molecule has 1 aromatic rings. The summed E-state index contributed by atoms with van der Waals surface area (Å²) in [5.74, 6) is -2.07. The number of aliphatic hydroxyl groups is 1. The van der Waals surface area contributed by atoms with Gasteiger partial charge in [-0.1, -0.05) is 0 Å². The average molecular weight is 237 g/mol. The summed E-state index contributed by atoms with van der Waals surface area (Å²) in [4.78, 5) is 32.8. The standard InChI is InChI=1S/C11H11NO5/c13-6-9(14)5-12-10(15)7-1-3-8(4-2-7)11(16)17/h1-4,13H,5-6H2,(H,12,15)(H,16,17). The van der Waals surface area contributed by atoms with Crippen molar-refractivity contribution >= 4 is 17.7 Å². The molecule has 6 nitrogen and oxygen atoms in total. The van der Waals surface area contributed by atoms with E-state index in [1.807, 2.05) is 0 Å². The molecule has 6 heteroatoms. The molecule has 0 fully saturated rings. The minimum Gasteiger partial charge on any atom is -0.478 e. The zero-order valence-electron chi connectivity index (χ0n) is 8.84. The number of Topliss-reactive ketones (excluding diaryl/α,β-unsaturated/α-hetero) is 1. The normalized spacial score (nSPS) is 9.71. The van der Waals surface area contributed by atoms with Gasteiger partial charge in [0.1, 0.15) is 6.61 Å². The Labute approximate surface area is 96.9 Å². The first-order valence-corrected chi connectivity index (χ1v) is 4.78. The molecule has 90 valence electrons. The van der Waals surface area contributed by atoms with E-state index in [1.165, 1.54) is 24.3 Å². The number of rotatable bonds is 5. The number of ketones is 1. The van der Waals surface area contributed by atoms with Crippen LogP contribution in [0.15, 0.2) is 24.3 Å². The van der Waals surface area contributed by atoms with Crippen molar-refractivity contribution in [1.82, 2.24) is 5.32 Å². The van der Waals surface area contributed by atoms with Gasteiger partial charge < -0.3 is 15.5 Å². The predicted molar refractivity (Wildman–Crippen MR) is 57.8 cm³/mol. The molecule has 0 aliphatic rings. The predicted octanol–water partition coefficient (Wildman–Crippen LogP) is -0.324. The van der Waals surface area contributed by atoms with Gasteiger partial charge in [-0.15, -0.1) is 0 Å². The van der Waals surface area contributed by atoms with E-state index in [-0.39, 0.29) is 17.7 Å². The summed E-state index contributed by atoms with van der Waals surface area (Å²) in [5, 5.41) is 19.4. The first-order chi connectivity index (χ1) is 8.04. The van der Waals surface area contributed by atoms with E-state index in [4.69, 9.17) is 10.2 Å². The fourth-order valence-corrected chi connectivity index (χ4v) is 1.10. The van der Waals surface area contributed by atoms with E-state index in [1.54, 1.807) is 0 Å². The molecule has 0 aromatic heterocycles. The van der Waals surface area contributed by atoms with Crippen LogP contribution in [0.1, 0.15) is 20.7 Å². The van der Waals surface area contributed by atoms with Crippen LogP contribution < -0.4 is 5.32 Å². The SMILES string of the molecule is O=C(CO)CNC(=O)c1ccc(C(=O)O)cc1. The lowest BCUT2D eigenvalue weighted by Gasteiger charge is -2.03. The number of hydrogen-bond acceptors (Lipinski definition) is 4. The third kappa shape index (κ3) is 3.69. The Morgan fingerprint density at radius 1 is 1.06 bits per heavy atom. The minimum absolute atomic E-state index is 0.0768. The van der Waals surface area contributed by atoms with Crippen molar-refractivity contribution in [2.45, 2.75) is 0 Å². The van der Waals surface area contributed by atoms with Crippen molar-refractivity contribution in [1.29, 1.82) is 0 Å². The van der Waals surface area contributed by atoms with Crippen molar-refractivity contribution in [2.75, 3.05) is 13.2 Å². The largest absolute Gasteiger partial charge is 0.478 e. The van der Waals surface area contributed by atoms with Gasteiger partial charge in [-0.05, 0) is 24.3 Å². The van der Waals surface area contributed by atoms with Gasteiger partial charge >= 0.3 is 5.97 Å². The molecule has 0 atom stereocenters. The van der Waals surface area contributed by atoms with Crippen LogP contribution in [0, 0.1) is 0 Å². The molecule has 0 bridgehead atoms. The first kappa shape index (κ1) is 12.9. The molecular formula is C11H11NO5. The summed E-state index contributed by atoms with van der Waals surface area (Å²) in [7, 11) is 0. The molecule has 1 rings (SSSR count). The molecule has 0 radical (unpaired) electrons. The van der Waals surface area contributed by atoms with Crippen LogP contribution in [0.25, 0.3) is 0 Å². The average Bonchev–Trinajstić information content (AvgIpc) is 2.35. The van der Waals surface area contributed by atoms with Gasteiger partial charge in [0, 0.05) is 5.56 Å². The van der Waals surface area contributed by atoms with Crippen molar-refractivity contribution < 1.29 is 24.6 Å². The third-order valence-corrected chi connectivity index (χ3v) is 2.02. The van der Waals surface area contributed by atoms with Crippen LogP contribution in [0.4, 0.5) is 0 Å². The lowest BCUT2D eigenvalue weighted by atomic mass is 10.1. The lowest BCUT2D eigenvalue weighted by Crippen LogP contribution is -2.30. The monoisotopic (exact) mass is 237 g/mol. The van der Waals surface area contributed by atoms with Gasteiger partial charge in [0.15, 0.2) is 5.78 Å². The Hall–Kier alpha value is -2.21. The highest BCUT2D eigenvalue weighted by Gasteiger charge is 2.08. The number of amides is 1. The van der Waals surface area contributed by atoms with E-state index >= 15 is 0 Å². The summed E-state index contributed by atoms with van der Waals surface area (Å²) in [6, 6.07) is 5.29.